The molecule has 0 fully saturated rings. The lowest BCUT2D eigenvalue weighted by Gasteiger charge is -2.15. The van der Waals surface area contributed by atoms with Gasteiger partial charge in [0.05, 0.1) is 18.8 Å². The Labute approximate surface area is 143 Å². The summed E-state index contributed by atoms with van der Waals surface area (Å²) in [7, 11) is 1.41. The van der Waals surface area contributed by atoms with Crippen LogP contribution in [0.15, 0.2) is 48.8 Å². The highest BCUT2D eigenvalue weighted by Gasteiger charge is 2.14. The van der Waals surface area contributed by atoms with E-state index in [9.17, 15) is 9.18 Å². The first kappa shape index (κ1) is 16.6. The smallest absolute Gasteiger partial charge is 0.251 e. The minimum atomic E-state index is -0.466. The van der Waals surface area contributed by atoms with Crippen LogP contribution in [-0.2, 0) is 0 Å². The molecule has 0 aliphatic carbocycles. The topological polar surface area (TPSA) is 81.9 Å². The van der Waals surface area contributed by atoms with Crippen LogP contribution < -0.4 is 10.1 Å². The normalized spacial score (nSPS) is 11.8. The molecule has 0 radical (unpaired) electrons. The van der Waals surface area contributed by atoms with Crippen LogP contribution in [0.25, 0.3) is 5.69 Å². The fourth-order valence-corrected chi connectivity index (χ4v) is 2.36. The molecule has 128 valence electrons. The molecular weight excluding hydrogens is 325 g/mol. The van der Waals surface area contributed by atoms with Gasteiger partial charge in [-0.15, -0.1) is 5.10 Å². The van der Waals surface area contributed by atoms with Gasteiger partial charge in [0.1, 0.15) is 6.33 Å². The van der Waals surface area contributed by atoms with Crippen LogP contribution in [0.5, 0.6) is 5.75 Å². The van der Waals surface area contributed by atoms with Crippen LogP contribution in [0.3, 0.4) is 0 Å². The van der Waals surface area contributed by atoms with Gasteiger partial charge in [-0.25, -0.2) is 9.07 Å². The number of ether oxygens (including phenoxy) is 1. The Morgan fingerprint density at radius 1 is 1.24 bits per heavy atom. The molecule has 0 bridgehead atoms. The number of aromatic nitrogens is 4. The summed E-state index contributed by atoms with van der Waals surface area (Å²) in [6, 6.07) is 11.1. The van der Waals surface area contributed by atoms with Crippen molar-refractivity contribution in [2.24, 2.45) is 0 Å². The lowest BCUT2D eigenvalue weighted by molar-refractivity contribution is 0.0940. The Morgan fingerprint density at radius 2 is 2.00 bits per heavy atom. The van der Waals surface area contributed by atoms with Crippen molar-refractivity contribution in [2.75, 3.05) is 7.11 Å². The van der Waals surface area contributed by atoms with E-state index in [4.69, 9.17) is 4.74 Å². The Hall–Kier alpha value is -3.29. The van der Waals surface area contributed by atoms with Crippen molar-refractivity contribution in [2.45, 2.75) is 13.0 Å². The van der Waals surface area contributed by atoms with E-state index >= 15 is 0 Å². The highest BCUT2D eigenvalue weighted by Crippen LogP contribution is 2.22. The van der Waals surface area contributed by atoms with Gasteiger partial charge in [0.2, 0.25) is 0 Å². The number of tetrazole rings is 1. The van der Waals surface area contributed by atoms with Gasteiger partial charge >= 0.3 is 0 Å². The first-order valence-electron chi connectivity index (χ1n) is 7.56. The first-order chi connectivity index (χ1) is 12.1. The van der Waals surface area contributed by atoms with Crippen molar-refractivity contribution >= 4 is 5.91 Å². The summed E-state index contributed by atoms with van der Waals surface area (Å²) in [6.45, 7) is 1.79. The van der Waals surface area contributed by atoms with Gasteiger partial charge in [0.15, 0.2) is 11.6 Å². The molecule has 0 aliphatic rings. The van der Waals surface area contributed by atoms with E-state index in [2.05, 4.69) is 20.8 Å². The number of carbonyl (C=O) groups excluding carboxylic acids is 1. The zero-order valence-corrected chi connectivity index (χ0v) is 13.7. The molecule has 25 heavy (non-hydrogen) atoms. The Balaban J connectivity index is 1.70. The predicted molar refractivity (Wildman–Crippen MR) is 88.0 cm³/mol. The fourth-order valence-electron chi connectivity index (χ4n) is 2.36. The number of carbonyl (C=O) groups is 1. The molecule has 3 rings (SSSR count). The maximum Gasteiger partial charge on any atom is 0.251 e. The first-order valence-corrected chi connectivity index (χ1v) is 7.56. The molecule has 0 aliphatic heterocycles. The molecule has 1 heterocycles. The highest BCUT2D eigenvalue weighted by atomic mass is 19.1. The van der Waals surface area contributed by atoms with Crippen molar-refractivity contribution in [1.82, 2.24) is 25.5 Å². The molecule has 1 aromatic heterocycles. The number of halogens is 1. The fraction of sp³-hybridized carbons (Fsp3) is 0.176. The highest BCUT2D eigenvalue weighted by molar-refractivity contribution is 5.94. The minimum Gasteiger partial charge on any atom is -0.494 e. The Kier molecular flexibility index (Phi) is 4.69. The third kappa shape index (κ3) is 3.63. The molecule has 1 atom stereocenters. The van der Waals surface area contributed by atoms with E-state index in [0.29, 0.717) is 11.1 Å². The van der Waals surface area contributed by atoms with Crippen LogP contribution in [0.2, 0.25) is 0 Å². The van der Waals surface area contributed by atoms with E-state index in [1.165, 1.54) is 30.3 Å². The van der Waals surface area contributed by atoms with Crippen molar-refractivity contribution in [3.05, 3.63) is 65.7 Å². The number of rotatable bonds is 5. The molecule has 8 heteroatoms. The predicted octanol–water partition coefficient (Wildman–Crippen LogP) is 2.30. The SMILES string of the molecule is COc1ccc([C@@H](C)NC(=O)c2ccc(-n3cnnn3)cc2)cc1F. The number of benzene rings is 2. The summed E-state index contributed by atoms with van der Waals surface area (Å²) < 4.78 is 20.2. The van der Waals surface area contributed by atoms with Gasteiger partial charge < -0.3 is 10.1 Å². The quantitative estimate of drug-likeness (QED) is 0.770. The molecule has 0 spiro atoms. The summed E-state index contributed by atoms with van der Waals surface area (Å²) in [5, 5.41) is 13.7. The summed E-state index contributed by atoms with van der Waals surface area (Å²) in [5.74, 6) is -0.556. The number of nitrogens with zero attached hydrogens (tertiary/aromatic N) is 4. The van der Waals surface area contributed by atoms with Gasteiger partial charge in [-0.1, -0.05) is 6.07 Å². The van der Waals surface area contributed by atoms with Crippen LogP contribution >= 0.6 is 0 Å². The average Bonchev–Trinajstić information content (AvgIpc) is 3.16. The van der Waals surface area contributed by atoms with Gasteiger partial charge in [-0.3, -0.25) is 4.79 Å². The van der Waals surface area contributed by atoms with E-state index < -0.39 is 5.82 Å². The van der Waals surface area contributed by atoms with Gasteiger partial charge in [-0.2, -0.15) is 0 Å². The molecule has 0 saturated carbocycles. The molecule has 1 N–H and O–H groups in total. The van der Waals surface area contributed by atoms with Crippen molar-refractivity contribution in [1.29, 1.82) is 0 Å². The van der Waals surface area contributed by atoms with Gasteiger partial charge in [-0.05, 0) is 59.3 Å². The van der Waals surface area contributed by atoms with Crippen molar-refractivity contribution in [3.8, 4) is 11.4 Å². The zero-order chi connectivity index (χ0) is 17.8. The lowest BCUT2D eigenvalue weighted by Crippen LogP contribution is -2.26. The average molecular weight is 341 g/mol. The minimum absolute atomic E-state index is 0.167. The van der Waals surface area contributed by atoms with E-state index in [0.717, 1.165) is 5.69 Å². The molecule has 2 aromatic carbocycles. The van der Waals surface area contributed by atoms with Crippen LogP contribution in [0.4, 0.5) is 4.39 Å². The largest absolute Gasteiger partial charge is 0.494 e. The number of nitrogens with one attached hydrogen (secondary N) is 1. The summed E-state index contributed by atoms with van der Waals surface area (Å²) in [5.41, 5.74) is 1.88. The van der Waals surface area contributed by atoms with E-state index in [1.807, 2.05) is 0 Å². The summed E-state index contributed by atoms with van der Waals surface area (Å²) in [4.78, 5) is 12.4. The Bertz CT molecular complexity index is 865. The molecule has 0 saturated heterocycles. The van der Waals surface area contributed by atoms with Crippen molar-refractivity contribution < 1.29 is 13.9 Å². The third-order valence-corrected chi connectivity index (χ3v) is 3.77. The Morgan fingerprint density at radius 3 is 2.60 bits per heavy atom. The summed E-state index contributed by atoms with van der Waals surface area (Å²) >= 11 is 0. The second-order valence-corrected chi connectivity index (χ2v) is 5.39. The molecule has 7 nitrogen and oxygen atoms in total. The van der Waals surface area contributed by atoms with E-state index in [1.54, 1.807) is 37.3 Å². The lowest BCUT2D eigenvalue weighted by atomic mass is 10.1. The number of methoxy groups -OCH3 is 1. The molecular formula is C17H16FN5O2. The van der Waals surface area contributed by atoms with Gasteiger partial charge in [0.25, 0.3) is 5.91 Å². The maximum atomic E-state index is 13.8. The zero-order valence-electron chi connectivity index (χ0n) is 13.7. The van der Waals surface area contributed by atoms with E-state index in [-0.39, 0.29) is 17.7 Å². The van der Waals surface area contributed by atoms with Crippen molar-refractivity contribution in [3.63, 3.8) is 0 Å². The monoisotopic (exact) mass is 341 g/mol. The standard InChI is InChI=1S/C17H16FN5O2/c1-11(13-5-8-16(25-2)15(18)9-13)20-17(24)12-3-6-14(7-4-12)23-10-19-21-22-23/h3-11H,1-2H3,(H,20,24)/t11-/m1/s1. The third-order valence-electron chi connectivity index (χ3n) is 3.77. The maximum absolute atomic E-state index is 13.8. The number of hydrogen-bond acceptors (Lipinski definition) is 5. The number of amides is 1. The molecule has 3 aromatic rings. The number of hydrogen-bond donors (Lipinski definition) is 1. The molecule has 0 unspecified atom stereocenters. The summed E-state index contributed by atoms with van der Waals surface area (Å²) in [6.07, 6.45) is 1.47. The van der Waals surface area contributed by atoms with Crippen LogP contribution in [0.1, 0.15) is 28.9 Å². The second kappa shape index (κ2) is 7.08. The second-order valence-electron chi connectivity index (χ2n) is 5.39. The van der Waals surface area contributed by atoms with Gasteiger partial charge in [0, 0.05) is 5.56 Å². The molecule has 1 amide bonds. The van der Waals surface area contributed by atoms with Crippen LogP contribution in [0, 0.1) is 5.82 Å². The van der Waals surface area contributed by atoms with Crippen LogP contribution in [-0.4, -0.2) is 33.2 Å².